The number of rotatable bonds is 15. The van der Waals surface area contributed by atoms with Crippen LogP contribution in [0.25, 0.3) is 0 Å². The molecule has 36 heavy (non-hydrogen) atoms. The van der Waals surface area contributed by atoms with E-state index < -0.39 is 0 Å². The Labute approximate surface area is 219 Å². The molecule has 4 rings (SSSR count). The molecule has 4 heterocycles. The number of anilines is 2. The summed E-state index contributed by atoms with van der Waals surface area (Å²) in [4.78, 5) is 19.1. The summed E-state index contributed by atoms with van der Waals surface area (Å²) in [5, 5.41) is 0. The molecule has 0 unspecified atom stereocenters. The summed E-state index contributed by atoms with van der Waals surface area (Å²) >= 11 is 0. The number of nitrogens with zero attached hydrogens (tertiary/aromatic N) is 6. The molecule has 2 aliphatic heterocycles. The Kier molecular flexibility index (Phi) is 11.8. The van der Waals surface area contributed by atoms with Crippen LogP contribution in [0.1, 0.15) is 64.2 Å². The lowest BCUT2D eigenvalue weighted by molar-refractivity contribution is 0.251. The predicted molar refractivity (Wildman–Crippen MR) is 152 cm³/mol. The molecule has 0 aromatic carbocycles. The first-order valence-electron chi connectivity index (χ1n) is 14.7. The van der Waals surface area contributed by atoms with E-state index in [0.717, 1.165) is 37.8 Å². The Balaban J connectivity index is 0.899. The van der Waals surface area contributed by atoms with Crippen LogP contribution in [-0.2, 0) is 0 Å². The van der Waals surface area contributed by atoms with E-state index in [2.05, 4.69) is 53.8 Å². The third-order valence-electron chi connectivity index (χ3n) is 7.89. The average Bonchev–Trinajstić information content (AvgIpc) is 2.95. The zero-order chi connectivity index (χ0) is 24.7. The smallest absolute Gasteiger partial charge is 0.128 e. The van der Waals surface area contributed by atoms with Gasteiger partial charge in [-0.25, -0.2) is 9.97 Å². The summed E-state index contributed by atoms with van der Waals surface area (Å²) in [6.45, 7) is 11.7. The fourth-order valence-corrected chi connectivity index (χ4v) is 5.57. The molecule has 2 saturated heterocycles. The molecule has 2 aliphatic rings. The van der Waals surface area contributed by atoms with Crippen LogP contribution >= 0.6 is 0 Å². The molecule has 2 fully saturated rings. The van der Waals surface area contributed by atoms with Gasteiger partial charge in [0.25, 0.3) is 0 Å². The van der Waals surface area contributed by atoms with Gasteiger partial charge in [-0.1, -0.05) is 63.5 Å². The molecule has 0 N–H and O–H groups in total. The van der Waals surface area contributed by atoms with Crippen molar-refractivity contribution in [2.75, 3.05) is 75.2 Å². The zero-order valence-electron chi connectivity index (χ0n) is 22.4. The second-order valence-electron chi connectivity index (χ2n) is 10.6. The highest BCUT2D eigenvalue weighted by Crippen LogP contribution is 2.16. The minimum atomic E-state index is 1.11. The third kappa shape index (κ3) is 9.36. The monoisotopic (exact) mass is 492 g/mol. The molecule has 2 aromatic heterocycles. The van der Waals surface area contributed by atoms with E-state index in [9.17, 15) is 0 Å². The largest absolute Gasteiger partial charge is 0.354 e. The van der Waals surface area contributed by atoms with E-state index in [4.69, 9.17) is 0 Å². The summed E-state index contributed by atoms with van der Waals surface area (Å²) < 4.78 is 0. The van der Waals surface area contributed by atoms with Crippen molar-refractivity contribution < 1.29 is 0 Å². The van der Waals surface area contributed by atoms with Gasteiger partial charge in [0.1, 0.15) is 11.6 Å². The van der Waals surface area contributed by atoms with E-state index in [0.29, 0.717) is 0 Å². The SMILES string of the molecule is c1ccc(N2CCN(CCCCCCCCCCCCN3CCN(c4ccccn4)CC3)CC2)nc1. The zero-order valence-corrected chi connectivity index (χ0v) is 22.4. The molecule has 0 atom stereocenters. The van der Waals surface area contributed by atoms with Crippen molar-refractivity contribution in [2.45, 2.75) is 64.2 Å². The van der Waals surface area contributed by atoms with Gasteiger partial charge < -0.3 is 9.80 Å². The fraction of sp³-hybridized carbons (Fsp3) is 0.667. The molecule has 0 amide bonds. The van der Waals surface area contributed by atoms with Gasteiger partial charge in [0.15, 0.2) is 0 Å². The molecule has 6 nitrogen and oxygen atoms in total. The molecule has 0 aliphatic carbocycles. The van der Waals surface area contributed by atoms with Gasteiger partial charge in [-0.2, -0.15) is 0 Å². The molecular formula is C30H48N6. The van der Waals surface area contributed by atoms with Gasteiger partial charge in [0.2, 0.25) is 0 Å². The van der Waals surface area contributed by atoms with Crippen LogP contribution in [0.15, 0.2) is 48.8 Å². The first kappa shape index (κ1) is 26.9. The molecular weight excluding hydrogens is 444 g/mol. The summed E-state index contributed by atoms with van der Waals surface area (Å²) in [5.74, 6) is 2.26. The van der Waals surface area contributed by atoms with Gasteiger partial charge in [-0.15, -0.1) is 0 Å². The van der Waals surface area contributed by atoms with Gasteiger partial charge >= 0.3 is 0 Å². The van der Waals surface area contributed by atoms with E-state index in [1.54, 1.807) is 0 Å². The molecule has 0 bridgehead atoms. The number of piperazine rings is 2. The fourth-order valence-electron chi connectivity index (χ4n) is 5.57. The topological polar surface area (TPSA) is 38.7 Å². The maximum absolute atomic E-state index is 4.49. The number of pyridine rings is 2. The number of aromatic nitrogens is 2. The van der Waals surface area contributed by atoms with Crippen molar-refractivity contribution in [2.24, 2.45) is 0 Å². The van der Waals surface area contributed by atoms with Crippen LogP contribution < -0.4 is 9.80 Å². The van der Waals surface area contributed by atoms with Crippen molar-refractivity contribution in [3.05, 3.63) is 48.8 Å². The molecule has 2 aromatic rings. The highest BCUT2D eigenvalue weighted by Gasteiger charge is 2.18. The van der Waals surface area contributed by atoms with E-state index >= 15 is 0 Å². The number of hydrogen-bond donors (Lipinski definition) is 0. The van der Waals surface area contributed by atoms with Crippen molar-refractivity contribution in [1.82, 2.24) is 19.8 Å². The van der Waals surface area contributed by atoms with Crippen LogP contribution in [0.4, 0.5) is 11.6 Å². The molecule has 0 radical (unpaired) electrons. The summed E-state index contributed by atoms with van der Waals surface area (Å²) in [6, 6.07) is 12.4. The lowest BCUT2D eigenvalue weighted by atomic mass is 10.1. The Morgan fingerprint density at radius 1 is 0.444 bits per heavy atom. The normalized spacial score (nSPS) is 17.6. The van der Waals surface area contributed by atoms with Crippen LogP contribution in [0, 0.1) is 0 Å². The first-order valence-corrected chi connectivity index (χ1v) is 14.7. The van der Waals surface area contributed by atoms with E-state index in [1.807, 2.05) is 24.5 Å². The average molecular weight is 493 g/mol. The molecule has 0 saturated carbocycles. The third-order valence-corrected chi connectivity index (χ3v) is 7.89. The standard InChI is InChI=1S/C30H48N6/c1(3-5-7-13-19-33-21-25-35(26-22-33)29-15-9-11-17-31-29)2-4-6-8-14-20-34-23-27-36(28-24-34)30-16-10-12-18-32-30/h9-12,15-18H,1-8,13-14,19-28H2. The maximum atomic E-state index is 4.49. The van der Waals surface area contributed by atoms with Crippen LogP contribution in [0.2, 0.25) is 0 Å². The minimum absolute atomic E-state index is 1.11. The van der Waals surface area contributed by atoms with Gasteiger partial charge in [0, 0.05) is 64.8 Å². The molecule has 6 heteroatoms. The Hall–Kier alpha value is -2.18. The minimum Gasteiger partial charge on any atom is -0.354 e. The highest BCUT2D eigenvalue weighted by molar-refractivity contribution is 5.38. The molecule has 0 spiro atoms. The highest BCUT2D eigenvalue weighted by atomic mass is 15.3. The Morgan fingerprint density at radius 3 is 1.14 bits per heavy atom. The summed E-state index contributed by atoms with van der Waals surface area (Å²) in [5.41, 5.74) is 0. The predicted octanol–water partition coefficient (Wildman–Crippen LogP) is 5.32. The van der Waals surface area contributed by atoms with Crippen LogP contribution in [0.3, 0.4) is 0 Å². The lowest BCUT2D eigenvalue weighted by Crippen LogP contribution is -2.46. The van der Waals surface area contributed by atoms with Gasteiger partial charge in [-0.3, -0.25) is 9.80 Å². The van der Waals surface area contributed by atoms with Crippen LogP contribution in [0.5, 0.6) is 0 Å². The Morgan fingerprint density at radius 2 is 0.806 bits per heavy atom. The van der Waals surface area contributed by atoms with E-state index in [-0.39, 0.29) is 0 Å². The van der Waals surface area contributed by atoms with Crippen molar-refractivity contribution >= 4 is 11.6 Å². The van der Waals surface area contributed by atoms with Crippen molar-refractivity contribution in [3.63, 3.8) is 0 Å². The second kappa shape index (κ2) is 15.8. The van der Waals surface area contributed by atoms with Crippen molar-refractivity contribution in [1.29, 1.82) is 0 Å². The van der Waals surface area contributed by atoms with Crippen LogP contribution in [-0.4, -0.2) is 85.2 Å². The van der Waals surface area contributed by atoms with Gasteiger partial charge in [-0.05, 0) is 50.2 Å². The maximum Gasteiger partial charge on any atom is 0.128 e. The first-order chi connectivity index (χ1) is 17.9. The van der Waals surface area contributed by atoms with Gasteiger partial charge in [0.05, 0.1) is 0 Å². The van der Waals surface area contributed by atoms with Crippen molar-refractivity contribution in [3.8, 4) is 0 Å². The number of unbranched alkanes of at least 4 members (excludes halogenated alkanes) is 9. The summed E-state index contributed by atoms with van der Waals surface area (Å²) in [6.07, 6.45) is 17.9. The van der Waals surface area contributed by atoms with E-state index in [1.165, 1.54) is 103 Å². The second-order valence-corrected chi connectivity index (χ2v) is 10.6. The molecule has 198 valence electrons. The Bertz CT molecular complexity index is 731. The summed E-state index contributed by atoms with van der Waals surface area (Å²) in [7, 11) is 0. The quantitative estimate of drug-likeness (QED) is 0.313. The lowest BCUT2D eigenvalue weighted by Gasteiger charge is -2.35. The number of hydrogen-bond acceptors (Lipinski definition) is 6.